The summed E-state index contributed by atoms with van der Waals surface area (Å²) in [5, 5.41) is 14.2. The molecule has 0 heterocycles. The molecule has 2 rings (SSSR count). The standard InChI is InChI=1S/C18H21ClN2O2/c1-12(17(22)14-5-3-2-4-6-14)21-11-16(18(20)23)13-7-9-15(19)10-8-13/h2-10,12,16-17,21-22H,11H2,1H3,(H2,20,23)/t12-,16?,17-/m1/s1. The maximum Gasteiger partial charge on any atom is 0.226 e. The third-order valence-corrected chi connectivity index (χ3v) is 4.13. The molecule has 0 radical (unpaired) electrons. The van der Waals surface area contributed by atoms with Gasteiger partial charge in [0.25, 0.3) is 0 Å². The van der Waals surface area contributed by atoms with E-state index in [2.05, 4.69) is 5.32 Å². The van der Waals surface area contributed by atoms with Crippen molar-refractivity contribution in [1.29, 1.82) is 0 Å². The van der Waals surface area contributed by atoms with E-state index in [0.717, 1.165) is 11.1 Å². The van der Waals surface area contributed by atoms with Crippen LogP contribution in [0.2, 0.25) is 5.02 Å². The molecule has 0 aliphatic rings. The highest BCUT2D eigenvalue weighted by atomic mass is 35.5. The molecule has 0 fully saturated rings. The molecule has 23 heavy (non-hydrogen) atoms. The molecule has 0 aromatic heterocycles. The van der Waals surface area contributed by atoms with Gasteiger partial charge in [-0.1, -0.05) is 54.1 Å². The first-order valence-corrected chi connectivity index (χ1v) is 7.88. The second-order valence-corrected chi connectivity index (χ2v) is 6.00. The summed E-state index contributed by atoms with van der Waals surface area (Å²) in [6.07, 6.45) is -0.657. The van der Waals surface area contributed by atoms with Crippen LogP contribution in [0.25, 0.3) is 0 Å². The van der Waals surface area contributed by atoms with E-state index >= 15 is 0 Å². The van der Waals surface area contributed by atoms with Gasteiger partial charge in [0.05, 0.1) is 12.0 Å². The average molecular weight is 333 g/mol. The van der Waals surface area contributed by atoms with E-state index in [4.69, 9.17) is 17.3 Å². The summed E-state index contributed by atoms with van der Waals surface area (Å²) in [5.41, 5.74) is 7.14. The SMILES string of the molecule is C[C@@H](NCC(C(N)=O)c1ccc(Cl)cc1)[C@@H](O)c1ccccc1. The summed E-state index contributed by atoms with van der Waals surface area (Å²) in [7, 11) is 0. The molecule has 122 valence electrons. The molecule has 0 bridgehead atoms. The van der Waals surface area contributed by atoms with E-state index in [-0.39, 0.29) is 6.04 Å². The van der Waals surface area contributed by atoms with Gasteiger partial charge in [-0.05, 0) is 30.2 Å². The molecule has 5 heteroatoms. The first-order valence-electron chi connectivity index (χ1n) is 7.50. The number of carbonyl (C=O) groups excluding carboxylic acids is 1. The minimum atomic E-state index is -0.657. The minimum Gasteiger partial charge on any atom is -0.387 e. The quantitative estimate of drug-likeness (QED) is 0.729. The number of aliphatic hydroxyl groups is 1. The number of benzene rings is 2. The number of nitrogens with two attached hydrogens (primary N) is 1. The zero-order chi connectivity index (χ0) is 16.8. The van der Waals surface area contributed by atoms with Crippen LogP contribution >= 0.6 is 11.6 Å². The number of primary amides is 1. The lowest BCUT2D eigenvalue weighted by Crippen LogP contribution is -2.38. The smallest absolute Gasteiger partial charge is 0.226 e. The first kappa shape index (κ1) is 17.5. The number of nitrogens with one attached hydrogen (secondary N) is 1. The van der Waals surface area contributed by atoms with Gasteiger partial charge in [0, 0.05) is 17.6 Å². The Labute approximate surface area is 141 Å². The maximum absolute atomic E-state index is 11.7. The van der Waals surface area contributed by atoms with Gasteiger partial charge < -0.3 is 16.2 Å². The van der Waals surface area contributed by atoms with Crippen molar-refractivity contribution in [2.24, 2.45) is 5.73 Å². The normalized spacial score (nSPS) is 14.9. The van der Waals surface area contributed by atoms with Crippen molar-refractivity contribution >= 4 is 17.5 Å². The van der Waals surface area contributed by atoms with Crippen LogP contribution in [0.15, 0.2) is 54.6 Å². The van der Waals surface area contributed by atoms with Crippen LogP contribution in [0.5, 0.6) is 0 Å². The number of carbonyl (C=O) groups is 1. The molecule has 2 aromatic carbocycles. The molecular weight excluding hydrogens is 312 g/mol. The molecular formula is C18H21ClN2O2. The molecule has 2 aromatic rings. The first-order chi connectivity index (χ1) is 11.0. The van der Waals surface area contributed by atoms with Crippen molar-refractivity contribution in [3.63, 3.8) is 0 Å². The van der Waals surface area contributed by atoms with Gasteiger partial charge >= 0.3 is 0 Å². The summed E-state index contributed by atoms with van der Waals surface area (Å²) in [4.78, 5) is 11.7. The molecule has 4 nitrogen and oxygen atoms in total. The zero-order valence-corrected chi connectivity index (χ0v) is 13.7. The molecule has 1 amide bonds. The van der Waals surface area contributed by atoms with E-state index in [0.29, 0.717) is 11.6 Å². The molecule has 0 aliphatic heterocycles. The van der Waals surface area contributed by atoms with Crippen LogP contribution in [0.3, 0.4) is 0 Å². The Morgan fingerprint density at radius 3 is 2.30 bits per heavy atom. The number of hydrogen-bond donors (Lipinski definition) is 3. The molecule has 4 N–H and O–H groups in total. The Bertz CT molecular complexity index is 631. The Kier molecular flexibility index (Phi) is 6.16. The Balaban J connectivity index is 2.01. The zero-order valence-electron chi connectivity index (χ0n) is 12.9. The minimum absolute atomic E-state index is 0.216. The van der Waals surface area contributed by atoms with Gasteiger partial charge in [-0.15, -0.1) is 0 Å². The van der Waals surface area contributed by atoms with Crippen LogP contribution in [0.4, 0.5) is 0 Å². The molecule has 0 aliphatic carbocycles. The van der Waals surface area contributed by atoms with E-state index in [9.17, 15) is 9.90 Å². The highest BCUT2D eigenvalue weighted by Crippen LogP contribution is 2.20. The second kappa shape index (κ2) is 8.11. The Hall–Kier alpha value is -1.88. The largest absolute Gasteiger partial charge is 0.387 e. The van der Waals surface area contributed by atoms with E-state index in [1.807, 2.05) is 37.3 Å². The van der Waals surface area contributed by atoms with E-state index in [1.54, 1.807) is 24.3 Å². The average Bonchev–Trinajstić information content (AvgIpc) is 2.56. The van der Waals surface area contributed by atoms with Crippen molar-refractivity contribution in [3.8, 4) is 0 Å². The third-order valence-electron chi connectivity index (χ3n) is 3.87. The van der Waals surface area contributed by atoms with E-state index in [1.165, 1.54) is 0 Å². The topological polar surface area (TPSA) is 75.3 Å². The summed E-state index contributed by atoms with van der Waals surface area (Å²) >= 11 is 5.87. The lowest BCUT2D eigenvalue weighted by atomic mass is 9.97. The van der Waals surface area contributed by atoms with Gasteiger partial charge in [0.15, 0.2) is 0 Å². The van der Waals surface area contributed by atoms with Crippen molar-refractivity contribution in [1.82, 2.24) is 5.32 Å². The second-order valence-electron chi connectivity index (χ2n) is 5.56. The fourth-order valence-electron chi connectivity index (χ4n) is 2.43. The number of hydrogen-bond acceptors (Lipinski definition) is 3. The number of amides is 1. The van der Waals surface area contributed by atoms with Crippen LogP contribution in [-0.4, -0.2) is 23.6 Å². The number of halogens is 1. The van der Waals surface area contributed by atoms with Crippen LogP contribution in [0, 0.1) is 0 Å². The molecule has 0 spiro atoms. The maximum atomic E-state index is 11.7. The van der Waals surface area contributed by atoms with Crippen LogP contribution in [-0.2, 0) is 4.79 Å². The van der Waals surface area contributed by atoms with Crippen molar-refractivity contribution in [2.75, 3.05) is 6.54 Å². The molecule has 0 saturated carbocycles. The van der Waals surface area contributed by atoms with Gasteiger partial charge in [0.1, 0.15) is 0 Å². The fourth-order valence-corrected chi connectivity index (χ4v) is 2.56. The van der Waals surface area contributed by atoms with Gasteiger partial charge in [-0.2, -0.15) is 0 Å². The van der Waals surface area contributed by atoms with Crippen molar-refractivity contribution in [2.45, 2.75) is 25.0 Å². The monoisotopic (exact) mass is 332 g/mol. The summed E-state index contributed by atoms with van der Waals surface area (Å²) in [6.45, 7) is 2.22. The highest BCUT2D eigenvalue weighted by Gasteiger charge is 2.21. The van der Waals surface area contributed by atoms with Crippen molar-refractivity contribution < 1.29 is 9.90 Å². The van der Waals surface area contributed by atoms with Gasteiger partial charge in [-0.3, -0.25) is 4.79 Å². The van der Waals surface area contributed by atoms with Gasteiger partial charge in [-0.25, -0.2) is 0 Å². The predicted molar refractivity (Wildman–Crippen MR) is 92.3 cm³/mol. The Morgan fingerprint density at radius 1 is 1.13 bits per heavy atom. The molecule has 1 unspecified atom stereocenters. The van der Waals surface area contributed by atoms with E-state index < -0.39 is 17.9 Å². The lowest BCUT2D eigenvalue weighted by Gasteiger charge is -2.23. The lowest BCUT2D eigenvalue weighted by molar-refractivity contribution is -0.119. The predicted octanol–water partition coefficient (Wildman–Crippen LogP) is 2.62. The summed E-state index contributed by atoms with van der Waals surface area (Å²) < 4.78 is 0. The third kappa shape index (κ3) is 4.79. The van der Waals surface area contributed by atoms with Crippen LogP contribution in [0.1, 0.15) is 30.1 Å². The number of aliphatic hydroxyl groups excluding tert-OH is 1. The summed E-state index contributed by atoms with van der Waals surface area (Å²) in [6, 6.07) is 16.2. The number of rotatable bonds is 7. The molecule has 3 atom stereocenters. The fraction of sp³-hybridized carbons (Fsp3) is 0.278. The van der Waals surface area contributed by atoms with Crippen LogP contribution < -0.4 is 11.1 Å². The highest BCUT2D eigenvalue weighted by molar-refractivity contribution is 6.30. The van der Waals surface area contributed by atoms with Gasteiger partial charge in [0.2, 0.25) is 5.91 Å². The van der Waals surface area contributed by atoms with Crippen molar-refractivity contribution in [3.05, 3.63) is 70.7 Å². The molecule has 0 saturated heterocycles. The summed E-state index contributed by atoms with van der Waals surface area (Å²) in [5.74, 6) is -0.890. The Morgan fingerprint density at radius 2 is 1.74 bits per heavy atom.